The number of carbonyl (C=O) groups is 1. The zero-order chi connectivity index (χ0) is 14.7. The van der Waals surface area contributed by atoms with E-state index in [0.29, 0.717) is 5.92 Å². The number of rotatable bonds is 4. The van der Waals surface area contributed by atoms with Crippen molar-refractivity contribution in [3.63, 3.8) is 0 Å². The number of benzene rings is 1. The van der Waals surface area contributed by atoms with Gasteiger partial charge in [0.1, 0.15) is 6.04 Å². The molecule has 1 aliphatic rings. The van der Waals surface area contributed by atoms with Gasteiger partial charge in [-0.3, -0.25) is 4.79 Å². The minimum atomic E-state index is -0.566. The highest BCUT2D eigenvalue weighted by Gasteiger charge is 2.33. The lowest BCUT2D eigenvalue weighted by molar-refractivity contribution is -0.123. The van der Waals surface area contributed by atoms with Gasteiger partial charge < -0.3 is 11.1 Å². The van der Waals surface area contributed by atoms with Crippen molar-refractivity contribution >= 4 is 5.91 Å². The first kappa shape index (κ1) is 15.0. The third-order valence-electron chi connectivity index (χ3n) is 4.80. The number of amides is 1. The third-order valence-corrected chi connectivity index (χ3v) is 4.80. The molecule has 0 spiro atoms. The van der Waals surface area contributed by atoms with E-state index >= 15 is 0 Å². The first-order chi connectivity index (χ1) is 9.52. The second kappa shape index (κ2) is 6.40. The highest BCUT2D eigenvalue weighted by molar-refractivity contribution is 5.83. The van der Waals surface area contributed by atoms with Gasteiger partial charge in [0.2, 0.25) is 5.91 Å². The molecule has 0 aromatic heterocycles. The summed E-state index contributed by atoms with van der Waals surface area (Å²) in [6, 6.07) is 7.58. The Kier molecular flexibility index (Phi) is 4.81. The van der Waals surface area contributed by atoms with Gasteiger partial charge in [0, 0.05) is 6.04 Å². The van der Waals surface area contributed by atoms with Crippen molar-refractivity contribution < 1.29 is 4.79 Å². The zero-order valence-electron chi connectivity index (χ0n) is 12.7. The maximum absolute atomic E-state index is 12.3. The average Bonchev–Trinajstić information content (AvgIpc) is 2.79. The first-order valence-corrected chi connectivity index (χ1v) is 7.65. The summed E-state index contributed by atoms with van der Waals surface area (Å²) in [6.07, 6.45) is 3.48. The Labute approximate surface area is 121 Å². The van der Waals surface area contributed by atoms with Crippen molar-refractivity contribution in [1.82, 2.24) is 5.32 Å². The van der Waals surface area contributed by atoms with Crippen LogP contribution in [-0.4, -0.2) is 11.9 Å². The van der Waals surface area contributed by atoms with Gasteiger partial charge in [-0.1, -0.05) is 50.1 Å². The number of hydrogen-bond donors (Lipinski definition) is 2. The molecular formula is C17H26N2O. The maximum atomic E-state index is 12.3. The second-order valence-corrected chi connectivity index (χ2v) is 6.11. The molecule has 3 heteroatoms. The van der Waals surface area contributed by atoms with Gasteiger partial charge in [0.05, 0.1) is 0 Å². The largest absolute Gasteiger partial charge is 0.351 e. The molecule has 0 heterocycles. The molecule has 1 aliphatic carbocycles. The van der Waals surface area contributed by atoms with Crippen LogP contribution in [0.2, 0.25) is 0 Å². The van der Waals surface area contributed by atoms with Crippen molar-refractivity contribution in [2.45, 2.75) is 52.1 Å². The summed E-state index contributed by atoms with van der Waals surface area (Å²) in [5.74, 6) is 1.23. The van der Waals surface area contributed by atoms with Gasteiger partial charge in [0.15, 0.2) is 0 Å². The van der Waals surface area contributed by atoms with E-state index in [1.54, 1.807) is 0 Å². The molecule has 2 rings (SSSR count). The number of nitrogens with two attached hydrogens (primary N) is 1. The Bertz CT molecular complexity index is 455. The van der Waals surface area contributed by atoms with Gasteiger partial charge in [-0.2, -0.15) is 0 Å². The van der Waals surface area contributed by atoms with Gasteiger partial charge in [-0.25, -0.2) is 0 Å². The van der Waals surface area contributed by atoms with Crippen molar-refractivity contribution in [2.24, 2.45) is 17.6 Å². The van der Waals surface area contributed by atoms with Gasteiger partial charge in [0.25, 0.3) is 0 Å². The SMILES string of the molecule is CCC1CCC(NC(=O)C(N)c2ccc(C)cc2)C1C. The summed E-state index contributed by atoms with van der Waals surface area (Å²) in [5, 5.41) is 3.14. The maximum Gasteiger partial charge on any atom is 0.241 e. The quantitative estimate of drug-likeness (QED) is 0.887. The molecule has 0 radical (unpaired) electrons. The zero-order valence-corrected chi connectivity index (χ0v) is 12.7. The number of nitrogens with one attached hydrogen (secondary N) is 1. The fourth-order valence-corrected chi connectivity index (χ4v) is 3.23. The van der Waals surface area contributed by atoms with Crippen LogP contribution in [-0.2, 0) is 4.79 Å². The Morgan fingerprint density at radius 2 is 2.00 bits per heavy atom. The van der Waals surface area contributed by atoms with Crippen LogP contribution >= 0.6 is 0 Å². The van der Waals surface area contributed by atoms with Crippen LogP contribution in [0.5, 0.6) is 0 Å². The Balaban J connectivity index is 1.96. The van der Waals surface area contributed by atoms with Gasteiger partial charge in [-0.05, 0) is 37.2 Å². The van der Waals surface area contributed by atoms with Crippen molar-refractivity contribution in [3.8, 4) is 0 Å². The summed E-state index contributed by atoms with van der Waals surface area (Å²) in [4.78, 5) is 12.3. The second-order valence-electron chi connectivity index (χ2n) is 6.11. The summed E-state index contributed by atoms with van der Waals surface area (Å²) in [6.45, 7) is 6.49. The summed E-state index contributed by atoms with van der Waals surface area (Å²) in [7, 11) is 0. The fraction of sp³-hybridized carbons (Fsp3) is 0.588. The highest BCUT2D eigenvalue weighted by atomic mass is 16.2. The Morgan fingerprint density at radius 3 is 2.55 bits per heavy atom. The topological polar surface area (TPSA) is 55.1 Å². The smallest absolute Gasteiger partial charge is 0.241 e. The van der Waals surface area contributed by atoms with E-state index < -0.39 is 6.04 Å². The molecule has 0 bridgehead atoms. The lowest BCUT2D eigenvalue weighted by Gasteiger charge is -2.23. The molecule has 0 aliphatic heterocycles. The predicted octanol–water partition coefficient (Wildman–Crippen LogP) is 2.94. The van der Waals surface area contributed by atoms with E-state index in [1.807, 2.05) is 31.2 Å². The molecule has 4 unspecified atom stereocenters. The summed E-state index contributed by atoms with van der Waals surface area (Å²) in [5.41, 5.74) is 8.12. The summed E-state index contributed by atoms with van der Waals surface area (Å²) < 4.78 is 0. The summed E-state index contributed by atoms with van der Waals surface area (Å²) >= 11 is 0. The molecule has 1 aromatic carbocycles. The molecular weight excluding hydrogens is 248 g/mol. The minimum Gasteiger partial charge on any atom is -0.351 e. The monoisotopic (exact) mass is 274 g/mol. The van der Waals surface area contributed by atoms with Crippen LogP contribution in [0.4, 0.5) is 0 Å². The molecule has 3 N–H and O–H groups in total. The Morgan fingerprint density at radius 1 is 1.35 bits per heavy atom. The highest BCUT2D eigenvalue weighted by Crippen LogP contribution is 2.34. The van der Waals surface area contributed by atoms with Gasteiger partial charge >= 0.3 is 0 Å². The van der Waals surface area contributed by atoms with Crippen LogP contribution in [0.25, 0.3) is 0 Å². The van der Waals surface area contributed by atoms with Crippen LogP contribution < -0.4 is 11.1 Å². The molecule has 3 nitrogen and oxygen atoms in total. The molecule has 110 valence electrons. The number of carbonyl (C=O) groups excluding carboxylic acids is 1. The van der Waals surface area contributed by atoms with E-state index in [1.165, 1.54) is 18.4 Å². The number of hydrogen-bond acceptors (Lipinski definition) is 2. The number of aryl methyl sites for hydroxylation is 1. The normalized spacial score (nSPS) is 27.3. The average molecular weight is 274 g/mol. The van der Waals surface area contributed by atoms with Crippen LogP contribution in [0.1, 0.15) is 50.3 Å². The molecule has 1 amide bonds. The standard InChI is InChI=1S/C17H26N2O/c1-4-13-9-10-15(12(13)3)19-17(20)16(18)14-7-5-11(2)6-8-14/h5-8,12-13,15-16H,4,9-10,18H2,1-3H3,(H,19,20). The fourth-order valence-electron chi connectivity index (χ4n) is 3.23. The van der Waals surface area contributed by atoms with E-state index in [4.69, 9.17) is 5.73 Å². The molecule has 1 fully saturated rings. The van der Waals surface area contributed by atoms with Crippen molar-refractivity contribution in [2.75, 3.05) is 0 Å². The van der Waals surface area contributed by atoms with Crippen LogP contribution in [0, 0.1) is 18.8 Å². The minimum absolute atomic E-state index is 0.0533. The Hall–Kier alpha value is -1.35. The molecule has 4 atom stereocenters. The van der Waals surface area contributed by atoms with E-state index in [-0.39, 0.29) is 11.9 Å². The van der Waals surface area contributed by atoms with Crippen LogP contribution in [0.3, 0.4) is 0 Å². The van der Waals surface area contributed by atoms with Gasteiger partial charge in [-0.15, -0.1) is 0 Å². The molecule has 0 saturated heterocycles. The molecule has 1 aromatic rings. The van der Waals surface area contributed by atoms with Crippen molar-refractivity contribution in [3.05, 3.63) is 35.4 Å². The molecule has 1 saturated carbocycles. The van der Waals surface area contributed by atoms with Crippen LogP contribution in [0.15, 0.2) is 24.3 Å². The van der Waals surface area contributed by atoms with Crippen molar-refractivity contribution in [1.29, 1.82) is 0 Å². The lowest BCUT2D eigenvalue weighted by Crippen LogP contribution is -2.42. The third kappa shape index (κ3) is 3.21. The lowest BCUT2D eigenvalue weighted by atomic mass is 9.93. The van der Waals surface area contributed by atoms with E-state index in [9.17, 15) is 4.79 Å². The molecule has 20 heavy (non-hydrogen) atoms. The van der Waals surface area contributed by atoms with E-state index in [2.05, 4.69) is 19.2 Å². The van der Waals surface area contributed by atoms with E-state index in [0.717, 1.165) is 17.9 Å². The first-order valence-electron chi connectivity index (χ1n) is 7.65. The predicted molar refractivity (Wildman–Crippen MR) is 82.2 cm³/mol.